The Balaban J connectivity index is 1.56. The van der Waals surface area contributed by atoms with Gasteiger partial charge in [-0.1, -0.05) is 129 Å². The van der Waals surface area contributed by atoms with Gasteiger partial charge in [0.05, 0.1) is 10.2 Å². The molecule has 1 spiro atoms. The van der Waals surface area contributed by atoms with E-state index in [-0.39, 0.29) is 10.2 Å². The summed E-state index contributed by atoms with van der Waals surface area (Å²) >= 11 is 8.02. The molecule has 1 saturated carbocycles. The van der Waals surface area contributed by atoms with E-state index in [9.17, 15) is 0 Å². The number of hydrogen-bond acceptors (Lipinski definition) is 0. The zero-order chi connectivity index (χ0) is 21.4. The summed E-state index contributed by atoms with van der Waals surface area (Å²) in [6, 6.07) is 35.4. The van der Waals surface area contributed by atoms with E-state index >= 15 is 0 Å². The number of alkyl halides is 1. The molecule has 4 aromatic rings. The number of hydrogen-bond donors (Lipinski definition) is 0. The van der Waals surface area contributed by atoms with Crippen molar-refractivity contribution < 1.29 is 0 Å². The van der Waals surface area contributed by atoms with E-state index < -0.39 is 0 Å². The Morgan fingerprint density at radius 2 is 0.969 bits per heavy atom. The van der Waals surface area contributed by atoms with Gasteiger partial charge in [-0.25, -0.2) is 0 Å². The molecule has 0 aromatic heterocycles. The minimum Gasteiger partial charge on any atom is -0.0821 e. The Morgan fingerprint density at radius 1 is 0.562 bits per heavy atom. The molecule has 1 atom stereocenters. The van der Waals surface area contributed by atoms with Crippen LogP contribution in [0.15, 0.2) is 113 Å². The summed E-state index contributed by atoms with van der Waals surface area (Å²) in [4.78, 5) is 2.34. The van der Waals surface area contributed by atoms with E-state index in [1.807, 2.05) is 0 Å². The summed E-state index contributed by atoms with van der Waals surface area (Å²) < 4.78 is 0. The summed E-state index contributed by atoms with van der Waals surface area (Å²) in [5.41, 5.74) is 14.7. The van der Waals surface area contributed by atoms with Crippen LogP contribution >= 0.6 is 31.9 Å². The van der Waals surface area contributed by atoms with Gasteiger partial charge >= 0.3 is 0 Å². The van der Waals surface area contributed by atoms with Crippen molar-refractivity contribution in [3.63, 3.8) is 0 Å². The van der Waals surface area contributed by atoms with Crippen LogP contribution in [0.25, 0.3) is 27.8 Å². The first-order valence-electron chi connectivity index (χ1n) is 10.9. The fraction of sp³-hybridized carbons (Fsp3) is 0.0667. The van der Waals surface area contributed by atoms with Crippen molar-refractivity contribution in [3.05, 3.63) is 135 Å². The molecule has 0 nitrogen and oxygen atoms in total. The highest BCUT2D eigenvalue weighted by atomic mass is 79.9. The molecule has 152 valence electrons. The van der Waals surface area contributed by atoms with Crippen molar-refractivity contribution in [2.75, 3.05) is 0 Å². The lowest BCUT2D eigenvalue weighted by molar-refractivity contribution is 0.563. The Hall–Kier alpha value is -2.68. The van der Waals surface area contributed by atoms with Gasteiger partial charge in [0.1, 0.15) is 0 Å². The SMILES string of the molecule is Br/C=C1/C(=C2c3ccccc3-c3ccccc32)C(Br)C12c1ccccc1-c1ccccc12. The Kier molecular flexibility index (Phi) is 3.93. The molecule has 3 aliphatic rings. The molecular formula is C30H18Br2. The quantitative estimate of drug-likeness (QED) is 0.174. The second kappa shape index (κ2) is 6.66. The molecular weight excluding hydrogens is 520 g/mol. The topological polar surface area (TPSA) is 0 Å². The van der Waals surface area contributed by atoms with Gasteiger partial charge in [0.25, 0.3) is 0 Å². The number of halogens is 2. The van der Waals surface area contributed by atoms with E-state index in [1.54, 1.807) is 0 Å². The van der Waals surface area contributed by atoms with Gasteiger partial charge in [-0.15, -0.1) is 0 Å². The molecule has 3 aliphatic carbocycles. The Bertz CT molecular complexity index is 1410. The number of allylic oxidation sites excluding steroid dienone is 2. The van der Waals surface area contributed by atoms with Crippen molar-refractivity contribution in [3.8, 4) is 22.3 Å². The molecule has 0 heterocycles. The molecule has 7 rings (SSSR count). The van der Waals surface area contributed by atoms with Crippen LogP contribution in [-0.4, -0.2) is 4.83 Å². The molecule has 4 aromatic carbocycles. The number of benzene rings is 4. The lowest BCUT2D eigenvalue weighted by atomic mass is 9.55. The van der Waals surface area contributed by atoms with Crippen LogP contribution in [0.1, 0.15) is 22.3 Å². The Morgan fingerprint density at radius 3 is 1.44 bits per heavy atom. The van der Waals surface area contributed by atoms with Crippen LogP contribution in [0.2, 0.25) is 0 Å². The number of fused-ring (bicyclic) bond motifs is 8. The smallest absolute Gasteiger partial charge is 0.0637 e. The average molecular weight is 538 g/mol. The third-order valence-corrected chi connectivity index (χ3v) is 9.01. The largest absolute Gasteiger partial charge is 0.0821 e. The highest BCUT2D eigenvalue weighted by molar-refractivity contribution is 9.11. The van der Waals surface area contributed by atoms with Crippen molar-refractivity contribution in [1.29, 1.82) is 0 Å². The standard InChI is InChI=1S/C30H18Br2/c31-17-26-28(27-22-13-3-1-9-18(22)19-10-2-4-14-23(19)27)29(32)30(26)24-15-7-5-11-20(24)21-12-6-8-16-25(21)30/h1-17,29H/b26-17-. The normalized spacial score (nSPS) is 20.1. The maximum absolute atomic E-state index is 4.23. The molecule has 0 aliphatic heterocycles. The first kappa shape index (κ1) is 18.8. The summed E-state index contributed by atoms with van der Waals surface area (Å²) in [5, 5.41) is 0. The van der Waals surface area contributed by atoms with Crippen LogP contribution < -0.4 is 0 Å². The van der Waals surface area contributed by atoms with Crippen LogP contribution in [0, 0.1) is 0 Å². The minimum atomic E-state index is -0.189. The average Bonchev–Trinajstić information content (AvgIpc) is 3.34. The third kappa shape index (κ3) is 2.08. The van der Waals surface area contributed by atoms with Gasteiger partial charge in [0, 0.05) is 0 Å². The second-order valence-corrected chi connectivity index (χ2v) is 10.0. The zero-order valence-electron chi connectivity index (χ0n) is 17.1. The van der Waals surface area contributed by atoms with E-state index in [0.29, 0.717) is 0 Å². The summed E-state index contributed by atoms with van der Waals surface area (Å²) in [7, 11) is 0. The van der Waals surface area contributed by atoms with Gasteiger partial charge in [0.2, 0.25) is 0 Å². The number of rotatable bonds is 0. The molecule has 1 unspecified atom stereocenters. The van der Waals surface area contributed by atoms with E-state index in [2.05, 4.69) is 134 Å². The van der Waals surface area contributed by atoms with Gasteiger partial charge in [-0.05, 0) is 66.2 Å². The lowest BCUT2D eigenvalue weighted by Gasteiger charge is -2.51. The highest BCUT2D eigenvalue weighted by Crippen LogP contribution is 2.68. The Labute approximate surface area is 204 Å². The zero-order valence-corrected chi connectivity index (χ0v) is 20.3. The van der Waals surface area contributed by atoms with Crippen molar-refractivity contribution in [2.24, 2.45) is 0 Å². The lowest BCUT2D eigenvalue weighted by Crippen LogP contribution is -2.50. The molecule has 32 heavy (non-hydrogen) atoms. The van der Waals surface area contributed by atoms with Crippen LogP contribution in [-0.2, 0) is 5.41 Å². The van der Waals surface area contributed by atoms with E-state index in [4.69, 9.17) is 0 Å². The van der Waals surface area contributed by atoms with Crippen molar-refractivity contribution in [1.82, 2.24) is 0 Å². The maximum atomic E-state index is 4.23. The van der Waals surface area contributed by atoms with Crippen LogP contribution in [0.5, 0.6) is 0 Å². The predicted molar refractivity (Wildman–Crippen MR) is 140 cm³/mol. The molecule has 0 saturated heterocycles. The molecule has 2 heteroatoms. The van der Waals surface area contributed by atoms with Crippen molar-refractivity contribution in [2.45, 2.75) is 10.2 Å². The molecule has 0 N–H and O–H groups in total. The van der Waals surface area contributed by atoms with Crippen molar-refractivity contribution >= 4 is 37.4 Å². The van der Waals surface area contributed by atoms with Crippen LogP contribution in [0.3, 0.4) is 0 Å². The van der Waals surface area contributed by atoms with E-state index in [1.165, 1.54) is 61.2 Å². The highest BCUT2D eigenvalue weighted by Gasteiger charge is 2.61. The molecule has 0 bridgehead atoms. The molecule has 0 radical (unpaired) electrons. The molecule has 0 amide bonds. The summed E-state index contributed by atoms with van der Waals surface area (Å²) in [6.45, 7) is 0. The van der Waals surface area contributed by atoms with Gasteiger partial charge in [-0.2, -0.15) is 0 Å². The summed E-state index contributed by atoms with van der Waals surface area (Å²) in [5.74, 6) is 0. The monoisotopic (exact) mass is 536 g/mol. The molecule has 1 fully saturated rings. The van der Waals surface area contributed by atoms with Crippen LogP contribution in [0.4, 0.5) is 0 Å². The van der Waals surface area contributed by atoms with Gasteiger partial charge in [-0.3, -0.25) is 0 Å². The van der Waals surface area contributed by atoms with Gasteiger partial charge < -0.3 is 0 Å². The maximum Gasteiger partial charge on any atom is 0.0637 e. The predicted octanol–water partition coefficient (Wildman–Crippen LogP) is 8.49. The summed E-state index contributed by atoms with van der Waals surface area (Å²) in [6.07, 6.45) is 0. The third-order valence-electron chi connectivity index (χ3n) is 7.40. The fourth-order valence-corrected chi connectivity index (χ4v) is 7.99. The second-order valence-electron chi connectivity index (χ2n) is 8.66. The minimum absolute atomic E-state index is 0.179. The van der Waals surface area contributed by atoms with Gasteiger partial charge in [0.15, 0.2) is 0 Å². The first-order chi connectivity index (χ1) is 15.8. The fourth-order valence-electron chi connectivity index (χ4n) is 6.17. The van der Waals surface area contributed by atoms with E-state index in [0.717, 1.165) is 0 Å². The first-order valence-corrected chi connectivity index (χ1v) is 12.7.